The Morgan fingerprint density at radius 3 is 2.89 bits per heavy atom. The molecule has 0 aliphatic carbocycles. The second-order valence-corrected chi connectivity index (χ2v) is 4.43. The fourth-order valence-corrected chi connectivity index (χ4v) is 2.10. The van der Waals surface area contributed by atoms with Crippen LogP contribution in [0.1, 0.15) is 19.3 Å². The molecule has 0 bridgehead atoms. The van der Waals surface area contributed by atoms with E-state index in [-0.39, 0.29) is 6.61 Å². The van der Waals surface area contributed by atoms with Crippen LogP contribution in [0.5, 0.6) is 5.75 Å². The van der Waals surface area contributed by atoms with Crippen LogP contribution < -0.4 is 10.1 Å². The molecular weight excluding hydrogens is 240 g/mol. The van der Waals surface area contributed by atoms with Gasteiger partial charge in [0.15, 0.2) is 0 Å². The van der Waals surface area contributed by atoms with Crippen LogP contribution >= 0.6 is 0 Å². The molecule has 0 saturated carbocycles. The largest absolute Gasteiger partial charge is 0.494 e. The zero-order valence-corrected chi connectivity index (χ0v) is 11.2. The number of nitrogens with one attached hydrogen (secondary N) is 1. The first kappa shape index (κ1) is 13.6. The summed E-state index contributed by atoms with van der Waals surface area (Å²) in [7, 11) is 1.66. The van der Waals surface area contributed by atoms with Crippen LogP contribution in [0.4, 0.5) is 5.69 Å². The summed E-state index contributed by atoms with van der Waals surface area (Å²) in [6.45, 7) is 1.17. The summed E-state index contributed by atoms with van der Waals surface area (Å²) in [5.41, 5.74) is 1.96. The molecule has 1 aromatic heterocycles. The molecular formula is C15H20N2O2. The molecule has 0 aliphatic rings. The monoisotopic (exact) mass is 260 g/mol. The van der Waals surface area contributed by atoms with E-state index in [0.29, 0.717) is 0 Å². The van der Waals surface area contributed by atoms with E-state index in [1.165, 1.54) is 0 Å². The molecule has 1 heterocycles. The lowest BCUT2D eigenvalue weighted by atomic mass is 10.1. The van der Waals surface area contributed by atoms with Crippen molar-refractivity contribution in [1.29, 1.82) is 0 Å². The number of anilines is 1. The highest BCUT2D eigenvalue weighted by Crippen LogP contribution is 2.28. The van der Waals surface area contributed by atoms with Gasteiger partial charge in [0, 0.05) is 30.4 Å². The van der Waals surface area contributed by atoms with Gasteiger partial charge in [-0.25, -0.2) is 0 Å². The van der Waals surface area contributed by atoms with Crippen LogP contribution in [0.15, 0.2) is 30.5 Å². The SMILES string of the molecule is COc1cccc2c(NCCCCCO)ccnc12. The molecule has 0 unspecified atom stereocenters. The highest BCUT2D eigenvalue weighted by atomic mass is 16.5. The summed E-state index contributed by atoms with van der Waals surface area (Å²) < 4.78 is 5.32. The Kier molecular flexibility index (Phi) is 4.98. The van der Waals surface area contributed by atoms with Gasteiger partial charge in [-0.15, -0.1) is 0 Å². The summed E-state index contributed by atoms with van der Waals surface area (Å²) in [4.78, 5) is 4.37. The summed E-state index contributed by atoms with van der Waals surface area (Å²) in [6, 6.07) is 7.91. The number of aliphatic hydroxyl groups is 1. The van der Waals surface area contributed by atoms with E-state index >= 15 is 0 Å². The lowest BCUT2D eigenvalue weighted by Crippen LogP contribution is -2.03. The molecule has 1 aromatic carbocycles. The van der Waals surface area contributed by atoms with E-state index in [2.05, 4.69) is 10.3 Å². The van der Waals surface area contributed by atoms with Gasteiger partial charge in [-0.1, -0.05) is 12.1 Å². The van der Waals surface area contributed by atoms with E-state index < -0.39 is 0 Å². The first-order chi connectivity index (χ1) is 9.36. The van der Waals surface area contributed by atoms with Crippen LogP contribution in [-0.2, 0) is 0 Å². The highest BCUT2D eigenvalue weighted by molar-refractivity contribution is 5.94. The van der Waals surface area contributed by atoms with Crippen molar-refractivity contribution >= 4 is 16.6 Å². The van der Waals surface area contributed by atoms with Crippen LogP contribution in [-0.4, -0.2) is 30.4 Å². The Hall–Kier alpha value is -1.81. The van der Waals surface area contributed by atoms with Crippen molar-refractivity contribution in [2.24, 2.45) is 0 Å². The standard InChI is InChI=1S/C15H20N2O2/c1-19-14-7-5-6-12-13(8-10-17-15(12)14)16-9-3-2-4-11-18/h5-8,10,18H,2-4,9,11H2,1H3,(H,16,17). The predicted molar refractivity (Wildman–Crippen MR) is 77.7 cm³/mol. The minimum Gasteiger partial charge on any atom is -0.494 e. The second-order valence-electron chi connectivity index (χ2n) is 4.43. The third kappa shape index (κ3) is 3.35. The zero-order chi connectivity index (χ0) is 13.5. The Labute approximate surface area is 113 Å². The first-order valence-electron chi connectivity index (χ1n) is 6.63. The average molecular weight is 260 g/mol. The Morgan fingerprint density at radius 2 is 2.11 bits per heavy atom. The molecule has 0 fully saturated rings. The molecule has 0 aliphatic heterocycles. The summed E-state index contributed by atoms with van der Waals surface area (Å²) in [5, 5.41) is 13.2. The molecule has 4 nitrogen and oxygen atoms in total. The number of para-hydroxylation sites is 1. The maximum absolute atomic E-state index is 8.74. The molecule has 2 rings (SSSR count). The lowest BCUT2D eigenvalue weighted by Gasteiger charge is -2.11. The van der Waals surface area contributed by atoms with Gasteiger partial charge in [-0.2, -0.15) is 0 Å². The first-order valence-corrected chi connectivity index (χ1v) is 6.63. The minimum atomic E-state index is 0.273. The molecule has 0 saturated heterocycles. The lowest BCUT2D eigenvalue weighted by molar-refractivity contribution is 0.283. The van der Waals surface area contributed by atoms with Crippen molar-refractivity contribution in [3.05, 3.63) is 30.5 Å². The van der Waals surface area contributed by atoms with Crippen molar-refractivity contribution in [3.8, 4) is 5.75 Å². The van der Waals surface area contributed by atoms with E-state index in [0.717, 1.165) is 48.1 Å². The number of rotatable bonds is 7. The number of ether oxygens (including phenoxy) is 1. The van der Waals surface area contributed by atoms with E-state index in [4.69, 9.17) is 9.84 Å². The molecule has 102 valence electrons. The number of hydrogen-bond donors (Lipinski definition) is 2. The van der Waals surface area contributed by atoms with Crippen molar-refractivity contribution in [2.75, 3.05) is 25.6 Å². The summed E-state index contributed by atoms with van der Waals surface area (Å²) in [5.74, 6) is 0.793. The van der Waals surface area contributed by atoms with Crippen molar-refractivity contribution in [3.63, 3.8) is 0 Å². The van der Waals surface area contributed by atoms with Crippen molar-refractivity contribution in [2.45, 2.75) is 19.3 Å². The van der Waals surface area contributed by atoms with Gasteiger partial charge in [-0.3, -0.25) is 4.98 Å². The number of aliphatic hydroxyl groups excluding tert-OH is 1. The van der Waals surface area contributed by atoms with Crippen LogP contribution in [0.25, 0.3) is 10.9 Å². The number of aromatic nitrogens is 1. The summed E-state index contributed by atoms with van der Waals surface area (Å²) in [6.07, 6.45) is 4.75. The molecule has 2 aromatic rings. The van der Waals surface area contributed by atoms with Gasteiger partial charge in [0.05, 0.1) is 7.11 Å². The van der Waals surface area contributed by atoms with Gasteiger partial charge in [0.2, 0.25) is 0 Å². The highest BCUT2D eigenvalue weighted by Gasteiger charge is 2.05. The number of benzene rings is 1. The Morgan fingerprint density at radius 1 is 1.21 bits per heavy atom. The fraction of sp³-hybridized carbons (Fsp3) is 0.400. The molecule has 0 radical (unpaired) electrons. The number of pyridine rings is 1. The normalized spacial score (nSPS) is 10.6. The quantitative estimate of drug-likeness (QED) is 0.752. The number of nitrogens with zero attached hydrogens (tertiary/aromatic N) is 1. The molecule has 4 heteroatoms. The maximum Gasteiger partial charge on any atom is 0.145 e. The second kappa shape index (κ2) is 6.95. The molecule has 0 atom stereocenters. The van der Waals surface area contributed by atoms with Crippen molar-refractivity contribution < 1.29 is 9.84 Å². The van der Waals surface area contributed by atoms with Gasteiger partial charge in [-0.05, 0) is 31.4 Å². The minimum absolute atomic E-state index is 0.273. The number of unbranched alkanes of at least 4 members (excludes halogenated alkanes) is 2. The van der Waals surface area contributed by atoms with E-state index in [9.17, 15) is 0 Å². The van der Waals surface area contributed by atoms with Crippen molar-refractivity contribution in [1.82, 2.24) is 4.98 Å². The van der Waals surface area contributed by atoms with Crippen LogP contribution in [0.2, 0.25) is 0 Å². The third-order valence-corrected chi connectivity index (χ3v) is 3.10. The van der Waals surface area contributed by atoms with Gasteiger partial charge in [0.1, 0.15) is 11.3 Å². The molecule has 2 N–H and O–H groups in total. The Balaban J connectivity index is 2.10. The maximum atomic E-state index is 8.74. The van der Waals surface area contributed by atoms with E-state index in [1.54, 1.807) is 13.3 Å². The Bertz CT molecular complexity index is 529. The smallest absolute Gasteiger partial charge is 0.145 e. The zero-order valence-electron chi connectivity index (χ0n) is 11.2. The molecule has 0 spiro atoms. The van der Waals surface area contributed by atoms with E-state index in [1.807, 2.05) is 24.3 Å². The average Bonchev–Trinajstić information content (AvgIpc) is 2.46. The fourth-order valence-electron chi connectivity index (χ4n) is 2.10. The number of fused-ring (bicyclic) bond motifs is 1. The van der Waals surface area contributed by atoms with Gasteiger partial charge in [0.25, 0.3) is 0 Å². The predicted octanol–water partition coefficient (Wildman–Crippen LogP) is 2.82. The number of methoxy groups -OCH3 is 1. The van der Waals surface area contributed by atoms with Crippen LogP contribution in [0.3, 0.4) is 0 Å². The van der Waals surface area contributed by atoms with Gasteiger partial charge >= 0.3 is 0 Å². The number of hydrogen-bond acceptors (Lipinski definition) is 4. The molecule has 0 amide bonds. The van der Waals surface area contributed by atoms with Gasteiger partial charge < -0.3 is 15.2 Å². The third-order valence-electron chi connectivity index (χ3n) is 3.10. The topological polar surface area (TPSA) is 54.4 Å². The molecule has 19 heavy (non-hydrogen) atoms. The van der Waals surface area contributed by atoms with Crippen LogP contribution in [0, 0.1) is 0 Å². The summed E-state index contributed by atoms with van der Waals surface area (Å²) >= 11 is 0.